The highest BCUT2D eigenvalue weighted by atomic mass is 19.4. The van der Waals surface area contributed by atoms with Gasteiger partial charge >= 0.3 is 12.1 Å². The number of amides is 1. The van der Waals surface area contributed by atoms with Crippen LogP contribution < -0.4 is 15.4 Å². The maximum atomic E-state index is 13.8. The Morgan fingerprint density at radius 2 is 2.06 bits per heavy atom. The highest BCUT2D eigenvalue weighted by Crippen LogP contribution is 2.36. The fourth-order valence-electron chi connectivity index (χ4n) is 3.46. The van der Waals surface area contributed by atoms with E-state index in [0.29, 0.717) is 22.9 Å². The van der Waals surface area contributed by atoms with E-state index >= 15 is 0 Å². The molecular weight excluding hydrogens is 485 g/mol. The Bertz CT molecular complexity index is 1160. The molecule has 1 aliphatic rings. The molecule has 192 valence electrons. The minimum absolute atomic E-state index is 0.0967. The number of rotatable bonds is 8. The number of carboxylic acids is 1. The van der Waals surface area contributed by atoms with Crippen molar-refractivity contribution in [2.75, 3.05) is 32.2 Å². The lowest BCUT2D eigenvalue weighted by molar-refractivity contribution is -0.174. The van der Waals surface area contributed by atoms with Crippen molar-refractivity contribution in [1.82, 2.24) is 10.3 Å². The fourth-order valence-corrected chi connectivity index (χ4v) is 3.46. The summed E-state index contributed by atoms with van der Waals surface area (Å²) in [4.78, 5) is 27.2. The van der Waals surface area contributed by atoms with E-state index in [1.54, 1.807) is 13.0 Å². The zero-order valence-corrected chi connectivity index (χ0v) is 19.3. The highest BCUT2D eigenvalue weighted by Gasteiger charge is 2.36. The zero-order valence-electron chi connectivity index (χ0n) is 19.3. The number of halogens is 3. The van der Waals surface area contributed by atoms with Gasteiger partial charge < -0.3 is 30.0 Å². The molecule has 0 bridgehead atoms. The monoisotopic (exact) mass is 508 g/mol. The van der Waals surface area contributed by atoms with Gasteiger partial charge in [-0.15, -0.1) is 0 Å². The number of hydrogen-bond donors (Lipinski definition) is 3. The van der Waals surface area contributed by atoms with E-state index in [2.05, 4.69) is 15.6 Å². The Balaban J connectivity index is 1.74. The van der Waals surface area contributed by atoms with Crippen LogP contribution in [0.1, 0.15) is 40.0 Å². The molecule has 2 heterocycles. The largest absolute Gasteiger partial charge is 0.496 e. The molecule has 1 saturated heterocycles. The standard InChI is InChI=1S/C23H23F3N4O6/c1-12(16-5-13(7-27)3-4-18(16)34-2)30-20-17(23(24,25)26)6-14(8-28-20)21(31)29-9-15-10-36-19(11-35-15)22(32)33/h3-6,8,12,15,19H,9-11H2,1-2H3,(H,28,30)(H,29,31)(H,32,33)/t12-,15?,19?/m0/s1. The first-order valence-electron chi connectivity index (χ1n) is 10.7. The Kier molecular flexibility index (Phi) is 8.33. The van der Waals surface area contributed by atoms with E-state index in [1.807, 2.05) is 6.07 Å². The highest BCUT2D eigenvalue weighted by molar-refractivity contribution is 5.94. The van der Waals surface area contributed by atoms with Gasteiger partial charge in [-0.2, -0.15) is 18.4 Å². The van der Waals surface area contributed by atoms with Gasteiger partial charge in [0.2, 0.25) is 0 Å². The van der Waals surface area contributed by atoms with Gasteiger partial charge in [0, 0.05) is 18.3 Å². The normalized spacial score (nSPS) is 18.6. The number of ether oxygens (including phenoxy) is 3. The number of alkyl halides is 3. The molecule has 0 aliphatic carbocycles. The number of methoxy groups -OCH3 is 1. The zero-order chi connectivity index (χ0) is 26.5. The van der Waals surface area contributed by atoms with Crippen molar-refractivity contribution in [3.8, 4) is 11.8 Å². The van der Waals surface area contributed by atoms with E-state index in [0.717, 1.165) is 6.20 Å². The summed E-state index contributed by atoms with van der Waals surface area (Å²) < 4.78 is 57.1. The third kappa shape index (κ3) is 6.41. The molecule has 2 aromatic rings. The molecule has 0 saturated carbocycles. The smallest absolute Gasteiger partial charge is 0.419 e. The van der Waals surface area contributed by atoms with Gasteiger partial charge in [0.05, 0.1) is 55.2 Å². The van der Waals surface area contributed by atoms with E-state index in [-0.39, 0.29) is 25.3 Å². The second kappa shape index (κ2) is 11.2. The van der Waals surface area contributed by atoms with Crippen molar-refractivity contribution < 1.29 is 42.1 Å². The van der Waals surface area contributed by atoms with Crippen LogP contribution in [-0.2, 0) is 20.4 Å². The number of nitriles is 1. The SMILES string of the molecule is COc1ccc(C#N)cc1[C@H](C)Nc1ncc(C(=O)NCC2COC(C(=O)O)CO2)cc1C(F)(F)F. The molecule has 13 heteroatoms. The number of benzene rings is 1. The summed E-state index contributed by atoms with van der Waals surface area (Å²) in [5.41, 5.74) is -0.724. The van der Waals surface area contributed by atoms with Crippen molar-refractivity contribution >= 4 is 17.7 Å². The van der Waals surface area contributed by atoms with Gasteiger partial charge in [0.1, 0.15) is 11.6 Å². The minimum atomic E-state index is -4.82. The van der Waals surface area contributed by atoms with Crippen LogP contribution in [0, 0.1) is 11.3 Å². The van der Waals surface area contributed by atoms with Crippen LogP contribution >= 0.6 is 0 Å². The van der Waals surface area contributed by atoms with Crippen LogP contribution in [0.15, 0.2) is 30.5 Å². The number of nitrogens with zero attached hydrogens (tertiary/aromatic N) is 2. The fraction of sp³-hybridized carbons (Fsp3) is 0.391. The molecule has 0 spiro atoms. The second-order valence-corrected chi connectivity index (χ2v) is 7.88. The van der Waals surface area contributed by atoms with Gasteiger partial charge in [0.15, 0.2) is 6.10 Å². The lowest BCUT2D eigenvalue weighted by atomic mass is 10.0. The van der Waals surface area contributed by atoms with Crippen LogP contribution in [0.3, 0.4) is 0 Å². The third-order valence-electron chi connectivity index (χ3n) is 5.37. The average molecular weight is 508 g/mol. The number of carbonyl (C=O) groups excluding carboxylic acids is 1. The molecule has 1 amide bonds. The van der Waals surface area contributed by atoms with Crippen molar-refractivity contribution in [1.29, 1.82) is 5.26 Å². The molecule has 3 atom stereocenters. The summed E-state index contributed by atoms with van der Waals surface area (Å²) in [6.45, 7) is 1.18. The van der Waals surface area contributed by atoms with Gasteiger partial charge in [-0.3, -0.25) is 4.79 Å². The van der Waals surface area contributed by atoms with Crippen LogP contribution in [-0.4, -0.2) is 61.0 Å². The molecular formula is C23H23F3N4O6. The second-order valence-electron chi connectivity index (χ2n) is 7.88. The molecule has 3 rings (SSSR count). The predicted octanol–water partition coefficient (Wildman–Crippen LogP) is 2.75. The van der Waals surface area contributed by atoms with Gasteiger partial charge in [-0.25, -0.2) is 9.78 Å². The first-order chi connectivity index (χ1) is 17.0. The lowest BCUT2D eigenvalue weighted by Gasteiger charge is -2.27. The molecule has 0 radical (unpaired) electrons. The Labute approximate surface area is 204 Å². The predicted molar refractivity (Wildman–Crippen MR) is 118 cm³/mol. The first kappa shape index (κ1) is 26.7. The number of hydrogen-bond acceptors (Lipinski definition) is 8. The summed E-state index contributed by atoms with van der Waals surface area (Å²) in [5.74, 6) is -2.12. The molecule has 3 N–H and O–H groups in total. The van der Waals surface area contributed by atoms with Crippen LogP contribution in [0.5, 0.6) is 5.75 Å². The van der Waals surface area contributed by atoms with E-state index in [4.69, 9.17) is 24.6 Å². The number of carbonyl (C=O) groups is 2. The number of carboxylic acid groups (broad SMARTS) is 1. The first-order valence-corrected chi connectivity index (χ1v) is 10.7. The maximum absolute atomic E-state index is 13.8. The number of aromatic nitrogens is 1. The van der Waals surface area contributed by atoms with Crippen molar-refractivity contribution in [3.05, 3.63) is 52.7 Å². The molecule has 2 unspecified atom stereocenters. The van der Waals surface area contributed by atoms with Crippen LogP contribution in [0.4, 0.5) is 19.0 Å². The van der Waals surface area contributed by atoms with Gasteiger partial charge in [-0.1, -0.05) is 0 Å². The Morgan fingerprint density at radius 1 is 1.31 bits per heavy atom. The lowest BCUT2D eigenvalue weighted by Crippen LogP contribution is -2.45. The number of pyridine rings is 1. The third-order valence-corrected chi connectivity index (χ3v) is 5.37. The van der Waals surface area contributed by atoms with Crippen LogP contribution in [0.2, 0.25) is 0 Å². The topological polar surface area (TPSA) is 143 Å². The van der Waals surface area contributed by atoms with E-state index < -0.39 is 47.7 Å². The number of nitrogens with one attached hydrogen (secondary N) is 2. The summed E-state index contributed by atoms with van der Waals surface area (Å²) >= 11 is 0. The van der Waals surface area contributed by atoms with Crippen molar-refractivity contribution in [3.63, 3.8) is 0 Å². The average Bonchev–Trinajstić information content (AvgIpc) is 2.86. The van der Waals surface area contributed by atoms with Crippen molar-refractivity contribution in [2.45, 2.75) is 31.3 Å². The quantitative estimate of drug-likeness (QED) is 0.490. The summed E-state index contributed by atoms with van der Waals surface area (Å²) in [7, 11) is 1.40. The molecule has 1 fully saturated rings. The van der Waals surface area contributed by atoms with Crippen LogP contribution in [0.25, 0.3) is 0 Å². The molecule has 1 aliphatic heterocycles. The molecule has 1 aromatic heterocycles. The Hall–Kier alpha value is -3.89. The van der Waals surface area contributed by atoms with Gasteiger partial charge in [0.25, 0.3) is 5.91 Å². The van der Waals surface area contributed by atoms with E-state index in [9.17, 15) is 22.8 Å². The summed E-state index contributed by atoms with van der Waals surface area (Å²) in [6, 6.07) is 6.49. The number of anilines is 1. The summed E-state index contributed by atoms with van der Waals surface area (Å²) in [6.07, 6.45) is -5.59. The number of aliphatic carboxylic acids is 1. The summed E-state index contributed by atoms with van der Waals surface area (Å²) in [5, 5.41) is 23.1. The molecule has 10 nitrogen and oxygen atoms in total. The molecule has 36 heavy (non-hydrogen) atoms. The molecule has 1 aromatic carbocycles. The Morgan fingerprint density at radius 3 is 2.64 bits per heavy atom. The van der Waals surface area contributed by atoms with E-state index in [1.165, 1.54) is 19.2 Å². The van der Waals surface area contributed by atoms with Crippen molar-refractivity contribution in [2.24, 2.45) is 0 Å². The minimum Gasteiger partial charge on any atom is -0.496 e. The van der Waals surface area contributed by atoms with Gasteiger partial charge in [-0.05, 0) is 31.2 Å². The maximum Gasteiger partial charge on any atom is 0.419 e.